The Morgan fingerprint density at radius 1 is 1.00 bits per heavy atom. The average Bonchev–Trinajstić information content (AvgIpc) is 2.68. The molecule has 6 nitrogen and oxygen atoms in total. The van der Waals surface area contributed by atoms with Crippen LogP contribution in [0.25, 0.3) is 0 Å². The van der Waals surface area contributed by atoms with Gasteiger partial charge in [0.15, 0.2) is 5.78 Å². The van der Waals surface area contributed by atoms with Gasteiger partial charge in [-0.1, -0.05) is 37.3 Å². The number of anilines is 3. The topological polar surface area (TPSA) is 84.0 Å². The second-order valence-electron chi connectivity index (χ2n) is 6.44. The monoisotopic (exact) mass is 374 g/mol. The van der Waals surface area contributed by atoms with Crippen molar-refractivity contribution < 1.29 is 9.59 Å². The summed E-state index contributed by atoms with van der Waals surface area (Å²) in [6.07, 6.45) is 0.870. The van der Waals surface area contributed by atoms with Gasteiger partial charge in [-0.05, 0) is 50.1 Å². The van der Waals surface area contributed by atoms with Gasteiger partial charge in [0.25, 0.3) is 5.91 Å². The third kappa shape index (κ3) is 4.59. The van der Waals surface area contributed by atoms with Crippen molar-refractivity contribution in [2.75, 3.05) is 10.6 Å². The maximum atomic E-state index is 12.7. The molecule has 0 saturated carbocycles. The molecule has 0 fully saturated rings. The molecule has 6 heteroatoms. The van der Waals surface area contributed by atoms with Gasteiger partial charge in [-0.25, -0.2) is 9.97 Å². The van der Waals surface area contributed by atoms with E-state index < -0.39 is 0 Å². The molecule has 1 heterocycles. The van der Waals surface area contributed by atoms with Gasteiger partial charge < -0.3 is 10.6 Å². The zero-order valence-corrected chi connectivity index (χ0v) is 16.1. The van der Waals surface area contributed by atoms with E-state index in [1.807, 2.05) is 31.2 Å². The number of rotatable bonds is 6. The Hall–Kier alpha value is -3.54. The minimum atomic E-state index is -0.363. The van der Waals surface area contributed by atoms with Gasteiger partial charge in [-0.15, -0.1) is 0 Å². The van der Waals surface area contributed by atoms with Crippen LogP contribution >= 0.6 is 0 Å². The van der Waals surface area contributed by atoms with E-state index in [1.54, 1.807) is 30.3 Å². The molecule has 1 aromatic heterocycles. The van der Waals surface area contributed by atoms with Crippen molar-refractivity contribution in [1.82, 2.24) is 9.97 Å². The molecule has 0 saturated heterocycles. The zero-order chi connectivity index (χ0) is 20.1. The number of aromatic nitrogens is 2. The van der Waals surface area contributed by atoms with E-state index in [1.165, 1.54) is 6.92 Å². The molecule has 0 aliphatic heterocycles. The van der Waals surface area contributed by atoms with Crippen molar-refractivity contribution in [3.05, 3.63) is 77.1 Å². The standard InChI is InChI=1S/C22H22N4O2/c1-4-16-8-5-6-11-19(16)25-22-23-14(2)12-20(26-22)21(28)24-18-10-7-9-17(13-18)15(3)27/h5-13H,4H2,1-3H3,(H,24,28)(H,23,25,26). The first-order valence-electron chi connectivity index (χ1n) is 9.09. The smallest absolute Gasteiger partial charge is 0.274 e. The molecule has 0 radical (unpaired) electrons. The molecule has 142 valence electrons. The number of aryl methyl sites for hydroxylation is 2. The molecule has 28 heavy (non-hydrogen) atoms. The van der Waals surface area contributed by atoms with Crippen molar-refractivity contribution in [2.24, 2.45) is 0 Å². The minimum absolute atomic E-state index is 0.0601. The first-order valence-corrected chi connectivity index (χ1v) is 9.09. The van der Waals surface area contributed by atoms with E-state index in [0.717, 1.165) is 17.7 Å². The van der Waals surface area contributed by atoms with E-state index in [2.05, 4.69) is 27.5 Å². The number of carbonyl (C=O) groups excluding carboxylic acids is 2. The molecule has 0 aliphatic carbocycles. The molecule has 0 bridgehead atoms. The summed E-state index contributed by atoms with van der Waals surface area (Å²) in [5.41, 5.74) is 4.05. The van der Waals surface area contributed by atoms with Crippen molar-refractivity contribution in [2.45, 2.75) is 27.2 Å². The van der Waals surface area contributed by atoms with Gasteiger partial charge in [-0.2, -0.15) is 0 Å². The number of benzene rings is 2. The minimum Gasteiger partial charge on any atom is -0.324 e. The number of nitrogens with one attached hydrogen (secondary N) is 2. The Labute approximate surface area is 164 Å². The highest BCUT2D eigenvalue weighted by molar-refractivity contribution is 6.04. The van der Waals surface area contributed by atoms with Crippen LogP contribution < -0.4 is 10.6 Å². The molecule has 0 unspecified atom stereocenters. The Bertz CT molecular complexity index is 1030. The SMILES string of the molecule is CCc1ccccc1Nc1nc(C)cc(C(=O)Nc2cccc(C(C)=O)c2)n1. The summed E-state index contributed by atoms with van der Waals surface area (Å²) in [6, 6.07) is 16.3. The number of amides is 1. The largest absolute Gasteiger partial charge is 0.324 e. The fraction of sp³-hybridized carbons (Fsp3) is 0.182. The highest BCUT2D eigenvalue weighted by Crippen LogP contribution is 2.20. The van der Waals surface area contributed by atoms with Gasteiger partial charge in [-0.3, -0.25) is 9.59 Å². The van der Waals surface area contributed by atoms with E-state index in [0.29, 0.717) is 22.9 Å². The number of hydrogen-bond acceptors (Lipinski definition) is 5. The summed E-state index contributed by atoms with van der Waals surface area (Å²) in [6.45, 7) is 5.37. The van der Waals surface area contributed by atoms with Crippen molar-refractivity contribution in [3.8, 4) is 0 Å². The maximum absolute atomic E-state index is 12.7. The fourth-order valence-electron chi connectivity index (χ4n) is 2.82. The van der Waals surface area contributed by atoms with Crippen LogP contribution in [0.2, 0.25) is 0 Å². The van der Waals surface area contributed by atoms with E-state index in [9.17, 15) is 9.59 Å². The zero-order valence-electron chi connectivity index (χ0n) is 16.1. The summed E-state index contributed by atoms with van der Waals surface area (Å²) in [4.78, 5) is 32.9. The summed E-state index contributed by atoms with van der Waals surface area (Å²) in [5.74, 6) is -0.0587. The van der Waals surface area contributed by atoms with Gasteiger partial charge >= 0.3 is 0 Å². The van der Waals surface area contributed by atoms with Crippen molar-refractivity contribution in [3.63, 3.8) is 0 Å². The normalized spacial score (nSPS) is 10.4. The number of Topliss-reactive ketones (excluding diaryl/α,β-unsaturated/α-hetero) is 1. The van der Waals surface area contributed by atoms with E-state index in [4.69, 9.17) is 0 Å². The Balaban J connectivity index is 1.83. The first-order chi connectivity index (χ1) is 13.5. The quantitative estimate of drug-likeness (QED) is 0.619. The van der Waals surface area contributed by atoms with E-state index in [-0.39, 0.29) is 17.4 Å². The summed E-state index contributed by atoms with van der Waals surface area (Å²) < 4.78 is 0. The Kier molecular flexibility index (Phi) is 5.79. The molecule has 1 amide bonds. The summed E-state index contributed by atoms with van der Waals surface area (Å²) in [7, 11) is 0. The van der Waals surface area contributed by atoms with Crippen LogP contribution in [-0.4, -0.2) is 21.7 Å². The Morgan fingerprint density at radius 3 is 2.54 bits per heavy atom. The van der Waals surface area contributed by atoms with Crippen LogP contribution in [-0.2, 0) is 6.42 Å². The van der Waals surface area contributed by atoms with Gasteiger partial charge in [0.1, 0.15) is 5.69 Å². The molecule has 3 aromatic rings. The number of carbonyl (C=O) groups is 2. The molecule has 0 atom stereocenters. The second-order valence-corrected chi connectivity index (χ2v) is 6.44. The maximum Gasteiger partial charge on any atom is 0.274 e. The van der Waals surface area contributed by atoms with Crippen LogP contribution in [0.1, 0.15) is 46.0 Å². The fourth-order valence-corrected chi connectivity index (χ4v) is 2.82. The van der Waals surface area contributed by atoms with Crippen LogP contribution in [0, 0.1) is 6.92 Å². The molecular formula is C22H22N4O2. The van der Waals surface area contributed by atoms with Crippen LogP contribution in [0.5, 0.6) is 0 Å². The lowest BCUT2D eigenvalue weighted by atomic mass is 10.1. The van der Waals surface area contributed by atoms with Crippen molar-refractivity contribution in [1.29, 1.82) is 0 Å². The summed E-state index contributed by atoms with van der Waals surface area (Å²) >= 11 is 0. The highest BCUT2D eigenvalue weighted by Gasteiger charge is 2.12. The lowest BCUT2D eigenvalue weighted by Crippen LogP contribution is -2.16. The first kappa shape index (κ1) is 19.2. The van der Waals surface area contributed by atoms with Crippen LogP contribution in [0.3, 0.4) is 0 Å². The lowest BCUT2D eigenvalue weighted by Gasteiger charge is -2.11. The van der Waals surface area contributed by atoms with Crippen LogP contribution in [0.15, 0.2) is 54.6 Å². The van der Waals surface area contributed by atoms with Gasteiger partial charge in [0.2, 0.25) is 5.95 Å². The highest BCUT2D eigenvalue weighted by atomic mass is 16.2. The van der Waals surface area contributed by atoms with Gasteiger partial charge in [0.05, 0.1) is 0 Å². The predicted octanol–water partition coefficient (Wildman–Crippen LogP) is 4.55. The number of nitrogens with zero attached hydrogens (tertiary/aromatic N) is 2. The van der Waals surface area contributed by atoms with Gasteiger partial charge in [0, 0.05) is 22.6 Å². The number of hydrogen-bond donors (Lipinski definition) is 2. The Morgan fingerprint density at radius 2 is 1.79 bits per heavy atom. The molecule has 0 spiro atoms. The van der Waals surface area contributed by atoms with Crippen molar-refractivity contribution >= 4 is 29.0 Å². The van der Waals surface area contributed by atoms with E-state index >= 15 is 0 Å². The molecule has 2 N–H and O–H groups in total. The molecule has 0 aliphatic rings. The molecular weight excluding hydrogens is 352 g/mol. The molecule has 2 aromatic carbocycles. The number of ketones is 1. The van der Waals surface area contributed by atoms with Crippen LogP contribution in [0.4, 0.5) is 17.3 Å². The number of para-hydroxylation sites is 1. The third-order valence-electron chi connectivity index (χ3n) is 4.26. The average molecular weight is 374 g/mol. The third-order valence-corrected chi connectivity index (χ3v) is 4.26. The summed E-state index contributed by atoms with van der Waals surface area (Å²) in [5, 5.41) is 5.99. The predicted molar refractivity (Wildman–Crippen MR) is 110 cm³/mol. The molecule has 3 rings (SSSR count). The second kappa shape index (κ2) is 8.43. The lowest BCUT2D eigenvalue weighted by molar-refractivity contribution is 0.100.